The Bertz CT molecular complexity index is 183. The fraction of sp³-hybridized carbons (Fsp3) is 0.929. The third-order valence-corrected chi connectivity index (χ3v) is 3.69. The highest BCUT2D eigenvalue weighted by atomic mass is 32.2. The van der Waals surface area contributed by atoms with Gasteiger partial charge in [0.05, 0.1) is 12.0 Å². The third kappa shape index (κ3) is 13.8. The first-order valence-electron chi connectivity index (χ1n) is 7.00. The molecule has 1 unspecified atom stereocenters. The zero-order valence-corrected chi connectivity index (χ0v) is 12.5. The summed E-state index contributed by atoms with van der Waals surface area (Å²) in [5.74, 6) is -0.197. The highest BCUT2D eigenvalue weighted by Gasteiger charge is 2.05. The molecule has 0 rings (SSSR count). The van der Waals surface area contributed by atoms with Crippen molar-refractivity contribution >= 4 is 18.0 Å². The van der Waals surface area contributed by atoms with Crippen LogP contribution in [0.1, 0.15) is 78.6 Å². The van der Waals surface area contributed by atoms with Gasteiger partial charge in [-0.15, -0.1) is 0 Å². The number of carbonyl (C=O) groups excluding carboxylic acids is 1. The van der Waals surface area contributed by atoms with Gasteiger partial charge in [0, 0.05) is 12.2 Å². The topological polar surface area (TPSA) is 26.3 Å². The Kier molecular flexibility index (Phi) is 12.2. The van der Waals surface area contributed by atoms with E-state index in [1.54, 1.807) is 0 Å². The van der Waals surface area contributed by atoms with E-state index in [1.165, 1.54) is 70.3 Å². The molecule has 0 aliphatic rings. The fourth-order valence-corrected chi connectivity index (χ4v) is 2.33. The lowest BCUT2D eigenvalue weighted by molar-refractivity contribution is -0.130. The molecule has 0 aliphatic heterocycles. The Balaban J connectivity index is 3.13. The van der Waals surface area contributed by atoms with E-state index in [-0.39, 0.29) is 5.97 Å². The monoisotopic (exact) mass is 260 g/mol. The van der Waals surface area contributed by atoms with Crippen molar-refractivity contribution in [3.63, 3.8) is 0 Å². The normalized spacial score (nSPS) is 12.4. The largest absolute Gasteiger partial charge is 0.391 e. The van der Waals surface area contributed by atoms with Crippen molar-refractivity contribution in [3.05, 3.63) is 0 Å². The SMILES string of the molecule is CCCCCCCCCCC(C)SOC(C)=O. The second kappa shape index (κ2) is 12.3. The van der Waals surface area contributed by atoms with Crippen molar-refractivity contribution in [1.29, 1.82) is 0 Å². The van der Waals surface area contributed by atoms with E-state index in [0.29, 0.717) is 5.25 Å². The Labute approximate surface area is 111 Å². The van der Waals surface area contributed by atoms with Crippen LogP contribution in [0.4, 0.5) is 0 Å². The summed E-state index contributed by atoms with van der Waals surface area (Å²) in [6.07, 6.45) is 12.0. The van der Waals surface area contributed by atoms with Crippen LogP contribution in [0, 0.1) is 0 Å². The predicted octanol–water partition coefficient (Wildman–Crippen LogP) is 5.12. The third-order valence-electron chi connectivity index (χ3n) is 2.79. The van der Waals surface area contributed by atoms with Gasteiger partial charge in [-0.3, -0.25) is 4.79 Å². The number of carbonyl (C=O) groups is 1. The summed E-state index contributed by atoms with van der Waals surface area (Å²) in [7, 11) is 0. The van der Waals surface area contributed by atoms with Crippen LogP contribution >= 0.6 is 12.0 Å². The number of rotatable bonds is 11. The first-order valence-corrected chi connectivity index (χ1v) is 7.81. The highest BCUT2D eigenvalue weighted by Crippen LogP contribution is 2.19. The number of unbranched alkanes of at least 4 members (excludes halogenated alkanes) is 7. The Morgan fingerprint density at radius 3 is 2.12 bits per heavy atom. The van der Waals surface area contributed by atoms with Crippen molar-refractivity contribution in [2.45, 2.75) is 83.8 Å². The molecule has 0 aromatic rings. The molecular weight excluding hydrogens is 232 g/mol. The first-order chi connectivity index (χ1) is 8.16. The lowest BCUT2D eigenvalue weighted by Crippen LogP contribution is -2.00. The molecule has 3 heteroatoms. The maximum absolute atomic E-state index is 10.6. The minimum atomic E-state index is -0.197. The van der Waals surface area contributed by atoms with Crippen LogP contribution in [-0.2, 0) is 8.98 Å². The first kappa shape index (κ1) is 16.8. The molecule has 0 bridgehead atoms. The predicted molar refractivity (Wildman–Crippen MR) is 76.0 cm³/mol. The summed E-state index contributed by atoms with van der Waals surface area (Å²) >= 11 is 1.31. The lowest BCUT2D eigenvalue weighted by atomic mass is 10.1. The van der Waals surface area contributed by atoms with Crippen molar-refractivity contribution in [3.8, 4) is 0 Å². The molecule has 0 saturated carbocycles. The van der Waals surface area contributed by atoms with Gasteiger partial charge >= 0.3 is 5.97 Å². The second-order valence-corrected chi connectivity index (χ2v) is 5.91. The summed E-state index contributed by atoms with van der Waals surface area (Å²) in [6.45, 7) is 5.83. The molecule has 0 heterocycles. The van der Waals surface area contributed by atoms with Crippen LogP contribution in [0.5, 0.6) is 0 Å². The van der Waals surface area contributed by atoms with E-state index in [2.05, 4.69) is 13.8 Å². The van der Waals surface area contributed by atoms with Gasteiger partial charge in [-0.1, -0.05) is 65.2 Å². The number of hydrogen-bond acceptors (Lipinski definition) is 3. The van der Waals surface area contributed by atoms with Crippen molar-refractivity contribution < 1.29 is 8.98 Å². The molecule has 0 N–H and O–H groups in total. The van der Waals surface area contributed by atoms with Crippen LogP contribution in [-0.4, -0.2) is 11.2 Å². The van der Waals surface area contributed by atoms with E-state index in [9.17, 15) is 4.79 Å². The van der Waals surface area contributed by atoms with Crippen LogP contribution in [0.15, 0.2) is 0 Å². The Hall–Kier alpha value is -0.180. The van der Waals surface area contributed by atoms with E-state index in [1.807, 2.05) is 0 Å². The summed E-state index contributed by atoms with van der Waals surface area (Å²) in [5.41, 5.74) is 0. The van der Waals surface area contributed by atoms with Crippen LogP contribution in [0.2, 0.25) is 0 Å². The highest BCUT2D eigenvalue weighted by molar-refractivity contribution is 7.95. The second-order valence-electron chi connectivity index (χ2n) is 4.75. The van der Waals surface area contributed by atoms with E-state index >= 15 is 0 Å². The molecule has 0 spiro atoms. The van der Waals surface area contributed by atoms with Gasteiger partial charge in [0.2, 0.25) is 0 Å². The quantitative estimate of drug-likeness (QED) is 0.381. The average Bonchev–Trinajstić information content (AvgIpc) is 2.30. The molecule has 0 radical (unpaired) electrons. The van der Waals surface area contributed by atoms with Gasteiger partial charge in [-0.05, 0) is 6.42 Å². The summed E-state index contributed by atoms with van der Waals surface area (Å²) in [6, 6.07) is 0. The molecule has 102 valence electrons. The van der Waals surface area contributed by atoms with Gasteiger partial charge < -0.3 is 4.18 Å². The molecule has 0 fully saturated rings. The fourth-order valence-electron chi connectivity index (χ4n) is 1.76. The molecular formula is C14H28O2S. The summed E-state index contributed by atoms with van der Waals surface area (Å²) in [5, 5.41) is 0.430. The van der Waals surface area contributed by atoms with Gasteiger partial charge in [0.15, 0.2) is 0 Å². The smallest absolute Gasteiger partial charge is 0.314 e. The molecule has 0 aromatic carbocycles. The maximum Gasteiger partial charge on any atom is 0.314 e. The van der Waals surface area contributed by atoms with E-state index in [4.69, 9.17) is 4.18 Å². The van der Waals surface area contributed by atoms with Crippen LogP contribution in [0.3, 0.4) is 0 Å². The molecule has 1 atom stereocenters. The average molecular weight is 260 g/mol. The van der Waals surface area contributed by atoms with Crippen LogP contribution < -0.4 is 0 Å². The van der Waals surface area contributed by atoms with E-state index < -0.39 is 0 Å². The Morgan fingerprint density at radius 2 is 1.59 bits per heavy atom. The van der Waals surface area contributed by atoms with Crippen molar-refractivity contribution in [1.82, 2.24) is 0 Å². The van der Waals surface area contributed by atoms with Gasteiger partial charge in [-0.25, -0.2) is 0 Å². The molecule has 0 aliphatic carbocycles. The van der Waals surface area contributed by atoms with Gasteiger partial charge in [0.25, 0.3) is 0 Å². The van der Waals surface area contributed by atoms with Crippen molar-refractivity contribution in [2.75, 3.05) is 0 Å². The molecule has 0 saturated heterocycles. The molecule has 0 aromatic heterocycles. The van der Waals surface area contributed by atoms with Crippen molar-refractivity contribution in [2.24, 2.45) is 0 Å². The lowest BCUT2D eigenvalue weighted by Gasteiger charge is -2.08. The summed E-state index contributed by atoms with van der Waals surface area (Å²) in [4.78, 5) is 10.6. The maximum atomic E-state index is 10.6. The molecule has 0 amide bonds. The van der Waals surface area contributed by atoms with Crippen LogP contribution in [0.25, 0.3) is 0 Å². The zero-order chi connectivity index (χ0) is 12.9. The standard InChI is InChI=1S/C14H28O2S/c1-4-5-6-7-8-9-10-11-12-13(2)17-16-14(3)15/h13H,4-12H2,1-3H3. The minimum absolute atomic E-state index is 0.197. The summed E-state index contributed by atoms with van der Waals surface area (Å²) < 4.78 is 4.90. The minimum Gasteiger partial charge on any atom is -0.391 e. The zero-order valence-electron chi connectivity index (χ0n) is 11.7. The van der Waals surface area contributed by atoms with Gasteiger partial charge in [-0.2, -0.15) is 0 Å². The number of hydrogen-bond donors (Lipinski definition) is 0. The van der Waals surface area contributed by atoms with Gasteiger partial charge in [0.1, 0.15) is 0 Å². The molecule has 17 heavy (non-hydrogen) atoms. The van der Waals surface area contributed by atoms with E-state index in [0.717, 1.165) is 6.42 Å². The Morgan fingerprint density at radius 1 is 1.06 bits per heavy atom. The molecule has 2 nitrogen and oxygen atoms in total.